The first-order valence-electron chi connectivity index (χ1n) is 8.60. The highest BCUT2D eigenvalue weighted by molar-refractivity contribution is 7.94. The molecule has 3 aromatic rings. The first kappa shape index (κ1) is 20.6. The molecule has 0 spiro atoms. The monoisotopic (exact) mass is 429 g/mol. The second kappa shape index (κ2) is 8.46. The van der Waals surface area contributed by atoms with Gasteiger partial charge < -0.3 is 10.6 Å². The summed E-state index contributed by atoms with van der Waals surface area (Å²) in [5.41, 5.74) is 2.58. The number of carbonyl (C=O) groups excluding carboxylic acids is 2. The number of benzene rings is 2. The van der Waals surface area contributed by atoms with Crippen LogP contribution in [0.3, 0.4) is 0 Å². The van der Waals surface area contributed by atoms with E-state index in [1.54, 1.807) is 43.6 Å². The Morgan fingerprint density at radius 2 is 1.62 bits per heavy atom. The van der Waals surface area contributed by atoms with E-state index in [4.69, 9.17) is 0 Å². The fraction of sp³-hybridized carbons (Fsp3) is 0.100. The van der Waals surface area contributed by atoms with Gasteiger partial charge in [0.1, 0.15) is 4.21 Å². The largest absolute Gasteiger partial charge is 0.355 e. The van der Waals surface area contributed by atoms with Gasteiger partial charge in [-0.1, -0.05) is 6.07 Å². The van der Waals surface area contributed by atoms with Crippen LogP contribution >= 0.6 is 11.3 Å². The summed E-state index contributed by atoms with van der Waals surface area (Å²) in [5.74, 6) is -0.542. The number of aryl methyl sites for hydroxylation is 1. The maximum Gasteiger partial charge on any atom is 0.271 e. The third-order valence-electron chi connectivity index (χ3n) is 4.12. The van der Waals surface area contributed by atoms with Crippen LogP contribution in [-0.2, 0) is 10.0 Å². The van der Waals surface area contributed by atoms with Crippen LogP contribution in [0.15, 0.2) is 64.2 Å². The number of hydrogen-bond donors (Lipinski definition) is 3. The molecule has 3 N–H and O–H groups in total. The molecule has 0 bridgehead atoms. The molecule has 0 radical (unpaired) electrons. The molecule has 1 heterocycles. The summed E-state index contributed by atoms with van der Waals surface area (Å²) in [6.45, 7) is 1.80. The molecule has 9 heteroatoms. The Morgan fingerprint density at radius 1 is 0.931 bits per heavy atom. The summed E-state index contributed by atoms with van der Waals surface area (Å²) >= 11 is 1.12. The summed E-state index contributed by atoms with van der Waals surface area (Å²) < 4.78 is 27.2. The zero-order valence-corrected chi connectivity index (χ0v) is 17.4. The summed E-state index contributed by atoms with van der Waals surface area (Å²) in [5, 5.41) is 7.03. The first-order valence-corrected chi connectivity index (χ1v) is 11.0. The second-order valence-electron chi connectivity index (χ2n) is 6.18. The number of amides is 2. The average Bonchev–Trinajstić information content (AvgIpc) is 3.25. The van der Waals surface area contributed by atoms with Crippen molar-refractivity contribution in [2.24, 2.45) is 0 Å². The molecule has 0 aliphatic heterocycles. The molecular formula is C20H19N3O4S2. The quantitative estimate of drug-likeness (QED) is 0.558. The van der Waals surface area contributed by atoms with Crippen molar-refractivity contribution in [2.75, 3.05) is 17.1 Å². The van der Waals surface area contributed by atoms with E-state index in [0.717, 1.165) is 16.9 Å². The van der Waals surface area contributed by atoms with Gasteiger partial charge in [-0.25, -0.2) is 8.42 Å². The van der Waals surface area contributed by atoms with Crippen LogP contribution in [0, 0.1) is 6.92 Å². The highest BCUT2D eigenvalue weighted by atomic mass is 32.2. The molecular weight excluding hydrogens is 410 g/mol. The highest BCUT2D eigenvalue weighted by Gasteiger charge is 2.16. The fourth-order valence-corrected chi connectivity index (χ4v) is 4.65. The van der Waals surface area contributed by atoms with Crippen LogP contribution in [0.5, 0.6) is 0 Å². The van der Waals surface area contributed by atoms with Gasteiger partial charge >= 0.3 is 0 Å². The number of sulfonamides is 1. The predicted molar refractivity (Wildman–Crippen MR) is 114 cm³/mol. The van der Waals surface area contributed by atoms with Gasteiger partial charge in [-0.2, -0.15) is 0 Å². The third kappa shape index (κ3) is 4.82. The van der Waals surface area contributed by atoms with Gasteiger partial charge in [0, 0.05) is 29.5 Å². The zero-order chi connectivity index (χ0) is 21.0. The highest BCUT2D eigenvalue weighted by Crippen LogP contribution is 2.21. The van der Waals surface area contributed by atoms with Crippen molar-refractivity contribution in [3.63, 3.8) is 0 Å². The smallest absolute Gasteiger partial charge is 0.271 e. The topological polar surface area (TPSA) is 104 Å². The van der Waals surface area contributed by atoms with Crippen LogP contribution in [0.4, 0.5) is 11.4 Å². The maximum atomic E-state index is 12.5. The standard InChI is InChI=1S/C20H19N3O4S2/c1-13-12-15(19(24)21-2)7-10-17(13)22-20(25)14-5-8-16(9-6-14)23-29(26,27)18-4-3-11-28-18/h3-12,23H,1-2H3,(H,21,24)(H,22,25). The number of carbonyl (C=O) groups is 2. The van der Waals surface area contributed by atoms with E-state index in [0.29, 0.717) is 22.5 Å². The van der Waals surface area contributed by atoms with E-state index in [1.165, 1.54) is 30.3 Å². The Morgan fingerprint density at radius 3 is 2.21 bits per heavy atom. The number of rotatable bonds is 6. The minimum absolute atomic E-state index is 0.202. The van der Waals surface area contributed by atoms with Crippen molar-refractivity contribution in [3.05, 3.63) is 76.7 Å². The van der Waals surface area contributed by atoms with Crippen LogP contribution in [0.1, 0.15) is 26.3 Å². The summed E-state index contributed by atoms with van der Waals surface area (Å²) in [4.78, 5) is 24.2. The van der Waals surface area contributed by atoms with E-state index < -0.39 is 10.0 Å². The number of anilines is 2. The van der Waals surface area contributed by atoms with Crippen LogP contribution < -0.4 is 15.4 Å². The van der Waals surface area contributed by atoms with E-state index in [2.05, 4.69) is 15.4 Å². The Labute approximate surface area is 172 Å². The Kier molecular flexibility index (Phi) is 6.00. The van der Waals surface area contributed by atoms with Gasteiger partial charge in [-0.3, -0.25) is 14.3 Å². The molecule has 0 aliphatic carbocycles. The van der Waals surface area contributed by atoms with E-state index >= 15 is 0 Å². The van der Waals surface area contributed by atoms with Crippen LogP contribution in [0.2, 0.25) is 0 Å². The maximum absolute atomic E-state index is 12.5. The summed E-state index contributed by atoms with van der Waals surface area (Å²) in [7, 11) is -2.08. The van der Waals surface area contributed by atoms with Gasteiger partial charge in [0.25, 0.3) is 21.8 Å². The molecule has 150 valence electrons. The van der Waals surface area contributed by atoms with Crippen molar-refractivity contribution in [3.8, 4) is 0 Å². The molecule has 2 amide bonds. The molecule has 0 saturated heterocycles. The predicted octanol–water partition coefficient (Wildman–Crippen LogP) is 3.47. The molecule has 3 rings (SSSR count). The molecule has 0 fully saturated rings. The molecule has 29 heavy (non-hydrogen) atoms. The second-order valence-corrected chi connectivity index (χ2v) is 9.03. The zero-order valence-electron chi connectivity index (χ0n) is 15.7. The molecule has 0 atom stereocenters. The first-order chi connectivity index (χ1) is 13.8. The van der Waals surface area contributed by atoms with Gasteiger partial charge in [-0.05, 0) is 66.4 Å². The molecule has 0 unspecified atom stereocenters. The number of nitrogens with one attached hydrogen (secondary N) is 3. The third-order valence-corrected chi connectivity index (χ3v) is 6.90. The van der Waals surface area contributed by atoms with Gasteiger partial charge in [-0.15, -0.1) is 11.3 Å². The normalized spacial score (nSPS) is 11.0. The van der Waals surface area contributed by atoms with Crippen LogP contribution in [-0.4, -0.2) is 27.3 Å². The molecule has 7 nitrogen and oxygen atoms in total. The van der Waals surface area contributed by atoms with Crippen molar-refractivity contribution < 1.29 is 18.0 Å². The molecule has 2 aromatic carbocycles. The van der Waals surface area contributed by atoms with Gasteiger partial charge in [0.2, 0.25) is 0 Å². The number of hydrogen-bond acceptors (Lipinski definition) is 5. The van der Waals surface area contributed by atoms with Gasteiger partial charge in [0.15, 0.2) is 0 Å². The van der Waals surface area contributed by atoms with Crippen molar-refractivity contribution in [1.82, 2.24) is 5.32 Å². The molecule has 0 saturated carbocycles. The van der Waals surface area contributed by atoms with E-state index in [-0.39, 0.29) is 16.0 Å². The number of thiophene rings is 1. The van der Waals surface area contributed by atoms with E-state index in [1.807, 2.05) is 0 Å². The van der Waals surface area contributed by atoms with E-state index in [9.17, 15) is 18.0 Å². The lowest BCUT2D eigenvalue weighted by molar-refractivity contribution is 0.0962. The Hall–Kier alpha value is -3.17. The lowest BCUT2D eigenvalue weighted by Gasteiger charge is -2.11. The summed E-state index contributed by atoms with van der Waals surface area (Å²) in [6, 6.07) is 14.3. The SMILES string of the molecule is CNC(=O)c1ccc(NC(=O)c2ccc(NS(=O)(=O)c3cccs3)cc2)c(C)c1. The Bertz CT molecular complexity index is 1140. The average molecular weight is 430 g/mol. The summed E-state index contributed by atoms with van der Waals surface area (Å²) in [6.07, 6.45) is 0. The van der Waals surface area contributed by atoms with Crippen LogP contribution in [0.25, 0.3) is 0 Å². The molecule has 0 aliphatic rings. The Balaban J connectivity index is 1.70. The van der Waals surface area contributed by atoms with Gasteiger partial charge in [0.05, 0.1) is 0 Å². The van der Waals surface area contributed by atoms with Crippen molar-refractivity contribution >= 4 is 44.5 Å². The minimum Gasteiger partial charge on any atom is -0.355 e. The van der Waals surface area contributed by atoms with Crippen molar-refractivity contribution in [1.29, 1.82) is 0 Å². The lowest BCUT2D eigenvalue weighted by atomic mass is 10.1. The molecule has 1 aromatic heterocycles. The lowest BCUT2D eigenvalue weighted by Crippen LogP contribution is -2.18. The minimum atomic E-state index is -3.64. The fourth-order valence-electron chi connectivity index (χ4n) is 2.60. The van der Waals surface area contributed by atoms with Crippen molar-refractivity contribution in [2.45, 2.75) is 11.1 Å².